The molecule has 0 bridgehead atoms. The zero-order chi connectivity index (χ0) is 19.5. The maximum Gasteiger partial charge on any atom is 0.165 e. The Morgan fingerprint density at radius 2 is 1.77 bits per heavy atom. The molecule has 0 saturated heterocycles. The molecule has 0 radical (unpaired) electrons. The molecule has 0 aliphatic rings. The molecule has 2 rings (SSSR count). The lowest BCUT2D eigenvalue weighted by molar-refractivity contribution is 0.480. The summed E-state index contributed by atoms with van der Waals surface area (Å²) in [7, 11) is -0.559. The second-order valence-electron chi connectivity index (χ2n) is 5.21. The van der Waals surface area contributed by atoms with E-state index in [1.807, 2.05) is 0 Å². The second kappa shape index (κ2) is 7.85. The first-order chi connectivity index (χ1) is 12.2. The zero-order valence-electron chi connectivity index (χ0n) is 14.1. The SMILES string of the molecule is CN=Nc1c(S(=O)[O-])cc2c(N=NC)c(NCS(C)(=O)=O)ccc2c1O. The van der Waals surface area contributed by atoms with Crippen molar-refractivity contribution in [2.24, 2.45) is 20.5 Å². The summed E-state index contributed by atoms with van der Waals surface area (Å²) in [6, 6.07) is 4.28. The van der Waals surface area contributed by atoms with E-state index in [4.69, 9.17) is 0 Å². The lowest BCUT2D eigenvalue weighted by atomic mass is 10.1. The van der Waals surface area contributed by atoms with Crippen LogP contribution in [0.4, 0.5) is 17.1 Å². The average Bonchev–Trinajstić information content (AvgIpc) is 2.55. The second-order valence-corrected chi connectivity index (χ2v) is 8.26. The first-order valence-corrected chi connectivity index (χ1v) is 10.3. The van der Waals surface area contributed by atoms with Crippen molar-refractivity contribution in [3.63, 3.8) is 0 Å². The number of hydrogen-bond acceptors (Lipinski definition) is 10. The van der Waals surface area contributed by atoms with E-state index in [1.165, 1.54) is 32.3 Å². The van der Waals surface area contributed by atoms with E-state index in [0.717, 1.165) is 6.26 Å². The molecule has 0 spiro atoms. The number of nitrogens with one attached hydrogen (secondary N) is 1. The van der Waals surface area contributed by atoms with Gasteiger partial charge in [-0.25, -0.2) is 8.42 Å². The smallest absolute Gasteiger partial charge is 0.165 e. The van der Waals surface area contributed by atoms with Crippen LogP contribution in [-0.2, 0) is 20.9 Å². The average molecular weight is 398 g/mol. The number of sulfone groups is 1. The number of nitrogens with zero attached hydrogens (tertiary/aromatic N) is 4. The van der Waals surface area contributed by atoms with Crippen LogP contribution >= 0.6 is 0 Å². The summed E-state index contributed by atoms with van der Waals surface area (Å²) in [5.74, 6) is -0.728. The Kier molecular flexibility index (Phi) is 6.00. The molecular weight excluding hydrogens is 382 g/mol. The van der Waals surface area contributed by atoms with Gasteiger partial charge in [0.05, 0.1) is 10.6 Å². The summed E-state index contributed by atoms with van der Waals surface area (Å²) in [6.45, 7) is 0. The van der Waals surface area contributed by atoms with E-state index in [-0.39, 0.29) is 38.7 Å². The van der Waals surface area contributed by atoms with Crippen molar-refractivity contribution in [1.82, 2.24) is 0 Å². The van der Waals surface area contributed by atoms with Crippen LogP contribution in [0.1, 0.15) is 0 Å². The number of aromatic hydroxyl groups is 1. The molecule has 0 heterocycles. The Labute approximate surface area is 152 Å². The molecule has 2 aromatic rings. The third kappa shape index (κ3) is 4.20. The van der Waals surface area contributed by atoms with E-state index in [9.17, 15) is 22.3 Å². The van der Waals surface area contributed by atoms with Gasteiger partial charge in [-0.1, -0.05) is 0 Å². The number of phenolic OH excluding ortho intramolecular Hbond substituents is 1. The molecule has 26 heavy (non-hydrogen) atoms. The Bertz CT molecular complexity index is 1030. The minimum absolute atomic E-state index is 0.190. The van der Waals surface area contributed by atoms with Gasteiger partial charge < -0.3 is 15.0 Å². The van der Waals surface area contributed by atoms with E-state index in [0.29, 0.717) is 5.69 Å². The van der Waals surface area contributed by atoms with Gasteiger partial charge in [0.25, 0.3) is 0 Å². The normalized spacial score (nSPS) is 13.7. The first kappa shape index (κ1) is 19.9. The van der Waals surface area contributed by atoms with Gasteiger partial charge >= 0.3 is 0 Å². The van der Waals surface area contributed by atoms with Gasteiger partial charge in [-0.3, -0.25) is 4.21 Å². The van der Waals surface area contributed by atoms with Crippen LogP contribution in [0.25, 0.3) is 10.8 Å². The molecule has 2 aromatic carbocycles. The van der Waals surface area contributed by atoms with Crippen molar-refractivity contribution in [2.75, 3.05) is 31.5 Å². The zero-order valence-corrected chi connectivity index (χ0v) is 15.8. The van der Waals surface area contributed by atoms with Crippen LogP contribution in [0.3, 0.4) is 0 Å². The summed E-state index contributed by atoms with van der Waals surface area (Å²) in [4.78, 5) is -0.270. The van der Waals surface area contributed by atoms with Crippen molar-refractivity contribution >= 4 is 48.8 Å². The van der Waals surface area contributed by atoms with Crippen LogP contribution < -0.4 is 5.32 Å². The third-order valence-electron chi connectivity index (χ3n) is 3.31. The summed E-state index contributed by atoms with van der Waals surface area (Å²) in [6.07, 6.45) is 1.06. The molecule has 12 heteroatoms. The lowest BCUT2D eigenvalue weighted by Gasteiger charge is -2.15. The molecule has 0 saturated carbocycles. The number of benzene rings is 2. The Balaban J connectivity index is 2.83. The van der Waals surface area contributed by atoms with E-state index in [1.54, 1.807) is 0 Å². The molecular formula is C14H16N5O5S2-. The van der Waals surface area contributed by atoms with Gasteiger partial charge in [-0.15, -0.1) is 0 Å². The maximum atomic E-state index is 11.5. The number of anilines is 1. The topological polar surface area (TPSA) is 156 Å². The predicted molar refractivity (Wildman–Crippen MR) is 97.0 cm³/mol. The highest BCUT2D eigenvalue weighted by Gasteiger charge is 2.18. The number of azo groups is 2. The van der Waals surface area contributed by atoms with Crippen molar-refractivity contribution in [3.05, 3.63) is 18.2 Å². The van der Waals surface area contributed by atoms with Crippen LogP contribution in [0.15, 0.2) is 43.6 Å². The molecule has 1 atom stereocenters. The standard InChI is InChI=1S/C14H17N5O5S2/c1-15-18-12-9-6-11(25(21)22)13(19-16-2)14(20)8(9)4-5-10(12)17-7-26(3,23)24/h4-6,17,20H,7H2,1-3H3,(H,21,22)/p-1. The molecule has 0 fully saturated rings. The van der Waals surface area contributed by atoms with Gasteiger partial charge in [-0.05, 0) is 29.3 Å². The first-order valence-electron chi connectivity index (χ1n) is 7.12. The van der Waals surface area contributed by atoms with Crippen LogP contribution in [0.2, 0.25) is 0 Å². The highest BCUT2D eigenvalue weighted by molar-refractivity contribution is 7.90. The fraction of sp³-hybridized carbons (Fsp3) is 0.286. The van der Waals surface area contributed by atoms with Crippen molar-refractivity contribution in [1.29, 1.82) is 0 Å². The van der Waals surface area contributed by atoms with E-state index < -0.39 is 20.9 Å². The van der Waals surface area contributed by atoms with E-state index >= 15 is 0 Å². The minimum Gasteiger partial charge on any atom is -0.768 e. The number of hydrogen-bond donors (Lipinski definition) is 2. The highest BCUT2D eigenvalue weighted by atomic mass is 32.2. The summed E-state index contributed by atoms with van der Waals surface area (Å²) < 4.78 is 45.9. The fourth-order valence-corrected chi connectivity index (χ4v) is 3.21. The molecule has 0 aliphatic heterocycles. The van der Waals surface area contributed by atoms with Crippen LogP contribution in [0, 0.1) is 0 Å². The van der Waals surface area contributed by atoms with Gasteiger partial charge in [0.1, 0.15) is 17.3 Å². The van der Waals surface area contributed by atoms with Gasteiger partial charge in [-0.2, -0.15) is 20.5 Å². The van der Waals surface area contributed by atoms with Crippen LogP contribution in [0.5, 0.6) is 5.75 Å². The minimum atomic E-state index is -3.31. The number of phenols is 1. The highest BCUT2D eigenvalue weighted by Crippen LogP contribution is 2.45. The van der Waals surface area contributed by atoms with Crippen molar-refractivity contribution in [2.45, 2.75) is 4.90 Å². The quantitative estimate of drug-likeness (QED) is 0.562. The van der Waals surface area contributed by atoms with Crippen molar-refractivity contribution in [3.8, 4) is 5.75 Å². The van der Waals surface area contributed by atoms with E-state index in [2.05, 4.69) is 25.8 Å². The molecule has 0 amide bonds. The molecule has 2 N–H and O–H groups in total. The maximum absolute atomic E-state index is 11.5. The Morgan fingerprint density at radius 1 is 1.15 bits per heavy atom. The van der Waals surface area contributed by atoms with Gasteiger partial charge in [0.2, 0.25) is 0 Å². The number of fused-ring (bicyclic) bond motifs is 1. The fourth-order valence-electron chi connectivity index (χ4n) is 2.29. The monoisotopic (exact) mass is 398 g/mol. The summed E-state index contributed by atoms with van der Waals surface area (Å²) >= 11 is -2.70. The largest absolute Gasteiger partial charge is 0.768 e. The summed E-state index contributed by atoms with van der Waals surface area (Å²) in [5, 5.41) is 28.5. The molecule has 1 unspecified atom stereocenters. The predicted octanol–water partition coefficient (Wildman–Crippen LogP) is 2.62. The molecule has 140 valence electrons. The molecule has 0 aliphatic carbocycles. The number of rotatable bonds is 6. The van der Waals surface area contributed by atoms with Gasteiger partial charge in [0.15, 0.2) is 15.6 Å². The lowest BCUT2D eigenvalue weighted by Crippen LogP contribution is -2.12. The van der Waals surface area contributed by atoms with Crippen LogP contribution in [-0.4, -0.2) is 48.5 Å². The Hall–Kier alpha value is -2.44. The third-order valence-corrected chi connectivity index (χ3v) is 4.65. The Morgan fingerprint density at radius 3 is 2.31 bits per heavy atom. The molecule has 0 aromatic heterocycles. The van der Waals surface area contributed by atoms with Crippen molar-refractivity contribution < 1.29 is 22.3 Å². The molecule has 10 nitrogen and oxygen atoms in total. The summed E-state index contributed by atoms with van der Waals surface area (Å²) in [5.41, 5.74) is 0.320. The van der Waals surface area contributed by atoms with Gasteiger partial charge in [0, 0.05) is 31.1 Å².